The number of benzene rings is 2. The van der Waals surface area contributed by atoms with Gasteiger partial charge in [0.25, 0.3) is 0 Å². The Bertz CT molecular complexity index is 542. The first-order valence-corrected chi connectivity index (χ1v) is 8.94. The highest BCUT2D eigenvalue weighted by Gasteiger charge is 2.18. The molecule has 1 saturated heterocycles. The summed E-state index contributed by atoms with van der Waals surface area (Å²) < 4.78 is 0. The largest absolute Gasteiger partial charge is 0.314 e. The molecule has 0 aromatic heterocycles. The lowest BCUT2D eigenvalue weighted by atomic mass is 10.0. The Labute approximate surface area is 140 Å². The van der Waals surface area contributed by atoms with Crippen LogP contribution in [0.3, 0.4) is 0 Å². The normalized spacial score (nSPS) is 16.5. The van der Waals surface area contributed by atoms with E-state index in [4.69, 9.17) is 0 Å². The fourth-order valence-electron chi connectivity index (χ4n) is 3.38. The number of hydrogen-bond acceptors (Lipinski definition) is 2. The number of rotatable bonds is 7. The molecular weight excluding hydrogens is 280 g/mol. The third-order valence-corrected chi connectivity index (χ3v) is 4.75. The lowest BCUT2D eigenvalue weighted by Crippen LogP contribution is -2.42. The van der Waals surface area contributed by atoms with E-state index in [0.717, 1.165) is 13.1 Å². The molecule has 2 aromatic rings. The summed E-state index contributed by atoms with van der Waals surface area (Å²) in [5.74, 6) is 0. The number of nitrogens with zero attached hydrogens (tertiary/aromatic N) is 1. The Morgan fingerprint density at radius 3 is 2.09 bits per heavy atom. The van der Waals surface area contributed by atoms with Crippen molar-refractivity contribution in [2.24, 2.45) is 0 Å². The number of likely N-dealkylation sites (tertiary alicyclic amines) is 1. The van der Waals surface area contributed by atoms with E-state index in [1.807, 2.05) is 0 Å². The van der Waals surface area contributed by atoms with Crippen LogP contribution >= 0.6 is 0 Å². The Hall–Kier alpha value is -1.64. The second kappa shape index (κ2) is 8.85. The van der Waals surface area contributed by atoms with Crippen molar-refractivity contribution in [2.45, 2.75) is 38.3 Å². The van der Waals surface area contributed by atoms with Crippen LogP contribution in [0.4, 0.5) is 0 Å². The van der Waals surface area contributed by atoms with E-state index in [1.54, 1.807) is 0 Å². The Morgan fingerprint density at radius 1 is 0.826 bits per heavy atom. The topological polar surface area (TPSA) is 15.3 Å². The highest BCUT2D eigenvalue weighted by molar-refractivity contribution is 5.15. The van der Waals surface area contributed by atoms with Crippen molar-refractivity contribution in [3.05, 3.63) is 71.8 Å². The summed E-state index contributed by atoms with van der Waals surface area (Å²) in [6.07, 6.45) is 4.96. The quantitative estimate of drug-likeness (QED) is 0.781. The van der Waals surface area contributed by atoms with E-state index in [-0.39, 0.29) is 0 Å². The highest BCUT2D eigenvalue weighted by Crippen LogP contribution is 2.14. The van der Waals surface area contributed by atoms with Gasteiger partial charge in [-0.1, -0.05) is 60.7 Å². The van der Waals surface area contributed by atoms with Crippen LogP contribution in [0, 0.1) is 0 Å². The summed E-state index contributed by atoms with van der Waals surface area (Å²) >= 11 is 0. The molecule has 1 aliphatic rings. The monoisotopic (exact) mass is 308 g/mol. The minimum absolute atomic E-state index is 0.706. The van der Waals surface area contributed by atoms with Crippen molar-refractivity contribution in [3.8, 4) is 0 Å². The molecule has 1 heterocycles. The molecule has 0 spiro atoms. The second-order valence-corrected chi connectivity index (χ2v) is 6.58. The molecule has 122 valence electrons. The molecule has 2 aromatic carbocycles. The van der Waals surface area contributed by atoms with Crippen LogP contribution < -0.4 is 5.32 Å². The van der Waals surface area contributed by atoms with Crippen LogP contribution in [0.15, 0.2) is 60.7 Å². The summed E-state index contributed by atoms with van der Waals surface area (Å²) in [5.41, 5.74) is 2.88. The van der Waals surface area contributed by atoms with E-state index >= 15 is 0 Å². The maximum atomic E-state index is 3.75. The molecule has 0 aliphatic carbocycles. The number of aryl methyl sites for hydroxylation is 1. The van der Waals surface area contributed by atoms with E-state index < -0.39 is 0 Å². The molecule has 1 fully saturated rings. The minimum Gasteiger partial charge on any atom is -0.314 e. The van der Waals surface area contributed by atoms with Gasteiger partial charge in [0.1, 0.15) is 0 Å². The van der Waals surface area contributed by atoms with Crippen molar-refractivity contribution in [2.75, 3.05) is 19.6 Å². The molecule has 23 heavy (non-hydrogen) atoms. The minimum atomic E-state index is 0.706. The third-order valence-electron chi connectivity index (χ3n) is 4.75. The number of hydrogen-bond donors (Lipinski definition) is 1. The highest BCUT2D eigenvalue weighted by atomic mass is 15.1. The van der Waals surface area contributed by atoms with Gasteiger partial charge in [0.15, 0.2) is 0 Å². The summed E-state index contributed by atoms with van der Waals surface area (Å²) in [6.45, 7) is 4.66. The summed E-state index contributed by atoms with van der Waals surface area (Å²) in [4.78, 5) is 2.58. The molecular formula is C21H28N2. The smallest absolute Gasteiger partial charge is 0.0233 e. The lowest BCUT2D eigenvalue weighted by molar-refractivity contribution is 0.190. The van der Waals surface area contributed by atoms with Gasteiger partial charge < -0.3 is 5.32 Å². The zero-order chi connectivity index (χ0) is 15.7. The molecule has 0 atom stereocenters. The molecule has 2 heteroatoms. The average molecular weight is 308 g/mol. The van der Waals surface area contributed by atoms with Crippen LogP contribution in [0.2, 0.25) is 0 Å². The summed E-state index contributed by atoms with van der Waals surface area (Å²) in [7, 11) is 0. The van der Waals surface area contributed by atoms with Crippen molar-refractivity contribution >= 4 is 0 Å². The SMILES string of the molecule is c1ccc(CCCNC2CCN(Cc3ccccc3)CC2)cc1. The van der Waals surface area contributed by atoms with Crippen molar-refractivity contribution < 1.29 is 0 Å². The van der Waals surface area contributed by atoms with E-state index in [0.29, 0.717) is 6.04 Å². The molecule has 1 aliphatic heterocycles. The maximum absolute atomic E-state index is 3.75. The maximum Gasteiger partial charge on any atom is 0.0233 e. The first kappa shape index (κ1) is 16.2. The number of piperidine rings is 1. The predicted octanol–water partition coefficient (Wildman–Crippen LogP) is 3.87. The molecule has 0 bridgehead atoms. The molecule has 0 saturated carbocycles. The first-order chi connectivity index (χ1) is 11.4. The van der Waals surface area contributed by atoms with E-state index in [2.05, 4.69) is 70.9 Å². The molecule has 0 radical (unpaired) electrons. The van der Waals surface area contributed by atoms with Gasteiger partial charge in [0, 0.05) is 12.6 Å². The van der Waals surface area contributed by atoms with Gasteiger partial charge in [0.05, 0.1) is 0 Å². The van der Waals surface area contributed by atoms with Gasteiger partial charge in [-0.25, -0.2) is 0 Å². The van der Waals surface area contributed by atoms with Gasteiger partial charge in [-0.3, -0.25) is 4.90 Å². The second-order valence-electron chi connectivity index (χ2n) is 6.58. The van der Waals surface area contributed by atoms with E-state index in [9.17, 15) is 0 Å². The molecule has 0 unspecified atom stereocenters. The van der Waals surface area contributed by atoms with Gasteiger partial charge in [-0.15, -0.1) is 0 Å². The Kier molecular flexibility index (Phi) is 6.25. The van der Waals surface area contributed by atoms with Crippen LogP contribution in [-0.4, -0.2) is 30.6 Å². The standard InChI is InChI=1S/C21H28N2/c1-3-8-19(9-4-1)12-7-15-22-21-13-16-23(17-14-21)18-20-10-5-2-6-11-20/h1-6,8-11,21-22H,7,12-18H2. The van der Waals surface area contributed by atoms with Gasteiger partial charge in [-0.2, -0.15) is 0 Å². The summed E-state index contributed by atoms with van der Waals surface area (Å²) in [5, 5.41) is 3.75. The molecule has 2 nitrogen and oxygen atoms in total. The first-order valence-electron chi connectivity index (χ1n) is 8.94. The fraction of sp³-hybridized carbons (Fsp3) is 0.429. The molecule has 0 amide bonds. The van der Waals surface area contributed by atoms with Crippen LogP contribution in [0.25, 0.3) is 0 Å². The van der Waals surface area contributed by atoms with Gasteiger partial charge >= 0.3 is 0 Å². The van der Waals surface area contributed by atoms with Crippen molar-refractivity contribution in [3.63, 3.8) is 0 Å². The van der Waals surface area contributed by atoms with Gasteiger partial charge in [0.2, 0.25) is 0 Å². The predicted molar refractivity (Wildman–Crippen MR) is 97.5 cm³/mol. The van der Waals surface area contributed by atoms with Crippen LogP contribution in [0.5, 0.6) is 0 Å². The number of nitrogens with one attached hydrogen (secondary N) is 1. The zero-order valence-electron chi connectivity index (χ0n) is 14.0. The van der Waals surface area contributed by atoms with Crippen molar-refractivity contribution in [1.82, 2.24) is 10.2 Å². The average Bonchev–Trinajstić information content (AvgIpc) is 2.62. The van der Waals surface area contributed by atoms with E-state index in [1.165, 1.54) is 49.9 Å². The van der Waals surface area contributed by atoms with Crippen LogP contribution in [-0.2, 0) is 13.0 Å². The van der Waals surface area contributed by atoms with Gasteiger partial charge in [-0.05, 0) is 56.4 Å². The zero-order valence-corrected chi connectivity index (χ0v) is 14.0. The third kappa shape index (κ3) is 5.49. The Morgan fingerprint density at radius 2 is 1.43 bits per heavy atom. The molecule has 1 N–H and O–H groups in total. The fourth-order valence-corrected chi connectivity index (χ4v) is 3.38. The Balaban J connectivity index is 1.30. The summed E-state index contributed by atoms with van der Waals surface area (Å²) in [6, 6.07) is 22.3. The lowest BCUT2D eigenvalue weighted by Gasteiger charge is -2.32. The van der Waals surface area contributed by atoms with Crippen molar-refractivity contribution in [1.29, 1.82) is 0 Å². The van der Waals surface area contributed by atoms with Crippen LogP contribution in [0.1, 0.15) is 30.4 Å². The molecule has 3 rings (SSSR count).